The Kier molecular flexibility index (Phi) is 2.59. The summed E-state index contributed by atoms with van der Waals surface area (Å²) < 4.78 is 5.79. The van der Waals surface area contributed by atoms with Gasteiger partial charge >= 0.3 is 0 Å². The van der Waals surface area contributed by atoms with Crippen LogP contribution in [-0.2, 0) is 11.3 Å². The van der Waals surface area contributed by atoms with E-state index < -0.39 is 0 Å². The van der Waals surface area contributed by atoms with Crippen molar-refractivity contribution in [3.63, 3.8) is 0 Å². The molecule has 56 valence electrons. The normalized spacial score (nSPS) is 10.2. The number of hydrogen-bond acceptors (Lipinski definition) is 3. The first-order chi connectivity index (χ1) is 4.74. The van der Waals surface area contributed by atoms with E-state index in [1.165, 1.54) is 4.88 Å². The van der Waals surface area contributed by atoms with Crippen LogP contribution in [0.2, 0.25) is 0 Å². The second-order valence-electron chi connectivity index (χ2n) is 2.00. The lowest BCUT2D eigenvalue weighted by molar-refractivity contribution is 0.187. The third-order valence-electron chi connectivity index (χ3n) is 1.20. The SMILES string of the molecule is COCc1sc(=S)[nH]c1C. The van der Waals surface area contributed by atoms with Gasteiger partial charge in [-0.1, -0.05) is 0 Å². The summed E-state index contributed by atoms with van der Waals surface area (Å²) in [5.74, 6) is 0. The van der Waals surface area contributed by atoms with Crippen LogP contribution in [0.1, 0.15) is 10.6 Å². The maximum atomic E-state index is 4.97. The Morgan fingerprint density at radius 2 is 2.40 bits per heavy atom. The molecule has 0 aliphatic heterocycles. The second kappa shape index (κ2) is 3.27. The quantitative estimate of drug-likeness (QED) is 0.697. The molecule has 0 saturated carbocycles. The first-order valence-corrected chi connectivity index (χ1v) is 4.14. The molecule has 10 heavy (non-hydrogen) atoms. The maximum Gasteiger partial charge on any atom is 0.158 e. The molecule has 1 heterocycles. The highest BCUT2D eigenvalue weighted by atomic mass is 32.1. The van der Waals surface area contributed by atoms with Gasteiger partial charge in [-0.2, -0.15) is 0 Å². The Labute approximate surface area is 68.9 Å². The van der Waals surface area contributed by atoms with E-state index in [-0.39, 0.29) is 0 Å². The fraction of sp³-hybridized carbons (Fsp3) is 0.500. The summed E-state index contributed by atoms with van der Waals surface area (Å²) in [6.07, 6.45) is 0. The number of aryl methyl sites for hydroxylation is 1. The largest absolute Gasteiger partial charge is 0.379 e. The van der Waals surface area contributed by atoms with E-state index in [9.17, 15) is 0 Å². The minimum atomic E-state index is 0.656. The molecule has 0 aromatic carbocycles. The summed E-state index contributed by atoms with van der Waals surface area (Å²) in [7, 11) is 1.68. The molecular weight excluding hydrogens is 166 g/mol. The van der Waals surface area contributed by atoms with E-state index in [0.717, 1.165) is 9.65 Å². The number of aromatic nitrogens is 1. The molecule has 0 spiro atoms. The van der Waals surface area contributed by atoms with E-state index in [1.54, 1.807) is 18.4 Å². The average Bonchev–Trinajstić information content (AvgIpc) is 2.13. The third kappa shape index (κ3) is 1.65. The molecular formula is C6H9NOS2. The molecule has 0 aliphatic carbocycles. The predicted molar refractivity (Wildman–Crippen MR) is 45.0 cm³/mol. The minimum Gasteiger partial charge on any atom is -0.379 e. The van der Waals surface area contributed by atoms with Gasteiger partial charge in [-0.3, -0.25) is 0 Å². The van der Waals surface area contributed by atoms with Gasteiger partial charge < -0.3 is 9.72 Å². The Balaban J connectivity index is 2.92. The van der Waals surface area contributed by atoms with Gasteiger partial charge in [-0.15, -0.1) is 11.3 Å². The van der Waals surface area contributed by atoms with Crippen molar-refractivity contribution in [2.75, 3.05) is 7.11 Å². The number of nitrogens with one attached hydrogen (secondary N) is 1. The van der Waals surface area contributed by atoms with Crippen LogP contribution in [0.4, 0.5) is 0 Å². The van der Waals surface area contributed by atoms with Gasteiger partial charge in [0, 0.05) is 12.8 Å². The van der Waals surface area contributed by atoms with Gasteiger partial charge in [0.2, 0.25) is 0 Å². The van der Waals surface area contributed by atoms with Gasteiger partial charge in [0.25, 0.3) is 0 Å². The van der Waals surface area contributed by atoms with E-state index in [4.69, 9.17) is 17.0 Å². The first-order valence-electron chi connectivity index (χ1n) is 2.91. The van der Waals surface area contributed by atoms with Gasteiger partial charge in [0.15, 0.2) is 3.95 Å². The van der Waals surface area contributed by atoms with Crippen LogP contribution in [0.15, 0.2) is 0 Å². The van der Waals surface area contributed by atoms with E-state index in [0.29, 0.717) is 6.61 Å². The molecule has 2 nitrogen and oxygen atoms in total. The van der Waals surface area contributed by atoms with Crippen LogP contribution in [-0.4, -0.2) is 12.1 Å². The van der Waals surface area contributed by atoms with Crippen molar-refractivity contribution in [2.24, 2.45) is 0 Å². The average molecular weight is 175 g/mol. The molecule has 0 aliphatic rings. The van der Waals surface area contributed by atoms with Gasteiger partial charge in [-0.25, -0.2) is 0 Å². The van der Waals surface area contributed by atoms with Crippen molar-refractivity contribution < 1.29 is 4.74 Å². The Morgan fingerprint density at radius 3 is 2.80 bits per heavy atom. The third-order valence-corrected chi connectivity index (χ3v) is 2.51. The van der Waals surface area contributed by atoms with E-state index in [1.807, 2.05) is 6.92 Å². The number of aromatic amines is 1. The number of hydrogen-bond donors (Lipinski definition) is 1. The lowest BCUT2D eigenvalue weighted by Crippen LogP contribution is -1.85. The molecule has 0 unspecified atom stereocenters. The maximum absolute atomic E-state index is 4.97. The van der Waals surface area contributed by atoms with Gasteiger partial charge in [0.05, 0.1) is 11.5 Å². The van der Waals surface area contributed by atoms with Gasteiger partial charge in [-0.05, 0) is 19.1 Å². The zero-order chi connectivity index (χ0) is 7.56. The predicted octanol–water partition coefficient (Wildman–Crippen LogP) is 2.26. The number of ether oxygens (including phenoxy) is 1. The molecule has 0 amide bonds. The van der Waals surface area contributed by atoms with Crippen molar-refractivity contribution in [3.05, 3.63) is 14.5 Å². The molecule has 1 rings (SSSR count). The molecule has 0 saturated heterocycles. The molecule has 1 aromatic heterocycles. The Morgan fingerprint density at radius 1 is 1.70 bits per heavy atom. The minimum absolute atomic E-state index is 0.656. The zero-order valence-corrected chi connectivity index (χ0v) is 7.56. The monoisotopic (exact) mass is 175 g/mol. The van der Waals surface area contributed by atoms with Crippen LogP contribution >= 0.6 is 23.6 Å². The molecule has 0 fully saturated rings. The molecule has 1 N–H and O–H groups in total. The van der Waals surface area contributed by atoms with Crippen molar-refractivity contribution in [1.29, 1.82) is 0 Å². The van der Waals surface area contributed by atoms with Crippen LogP contribution in [0, 0.1) is 10.9 Å². The Hall–Kier alpha value is -0.190. The van der Waals surface area contributed by atoms with Crippen molar-refractivity contribution in [1.82, 2.24) is 4.98 Å². The smallest absolute Gasteiger partial charge is 0.158 e. The second-order valence-corrected chi connectivity index (χ2v) is 3.77. The van der Waals surface area contributed by atoms with Crippen molar-refractivity contribution in [2.45, 2.75) is 13.5 Å². The van der Waals surface area contributed by atoms with Crippen LogP contribution < -0.4 is 0 Å². The van der Waals surface area contributed by atoms with Gasteiger partial charge in [0.1, 0.15) is 0 Å². The topological polar surface area (TPSA) is 25.0 Å². The standard InChI is InChI=1S/C6H9NOS2/c1-4-5(3-8-2)10-6(9)7-4/h3H2,1-2H3,(H,7,9). The number of H-pyrrole nitrogens is 1. The first kappa shape index (κ1) is 7.91. The van der Waals surface area contributed by atoms with Crippen LogP contribution in [0.25, 0.3) is 0 Å². The van der Waals surface area contributed by atoms with E-state index >= 15 is 0 Å². The summed E-state index contributed by atoms with van der Waals surface area (Å²) in [5, 5.41) is 0. The summed E-state index contributed by atoms with van der Waals surface area (Å²) in [4.78, 5) is 4.23. The molecule has 0 radical (unpaired) electrons. The number of thiazole rings is 1. The highest BCUT2D eigenvalue weighted by molar-refractivity contribution is 7.73. The molecule has 4 heteroatoms. The lowest BCUT2D eigenvalue weighted by atomic mass is 10.4. The number of methoxy groups -OCH3 is 1. The highest BCUT2D eigenvalue weighted by Gasteiger charge is 1.99. The van der Waals surface area contributed by atoms with Crippen molar-refractivity contribution >= 4 is 23.6 Å². The zero-order valence-electron chi connectivity index (χ0n) is 5.93. The van der Waals surface area contributed by atoms with Crippen LogP contribution in [0.3, 0.4) is 0 Å². The lowest BCUT2D eigenvalue weighted by Gasteiger charge is -1.93. The summed E-state index contributed by atoms with van der Waals surface area (Å²) >= 11 is 6.52. The molecule has 0 atom stereocenters. The fourth-order valence-corrected chi connectivity index (χ4v) is 1.97. The summed E-state index contributed by atoms with van der Waals surface area (Å²) in [5.41, 5.74) is 1.12. The van der Waals surface area contributed by atoms with E-state index in [2.05, 4.69) is 4.98 Å². The molecule has 0 bridgehead atoms. The Bertz CT molecular complexity index is 263. The fourth-order valence-electron chi connectivity index (χ4n) is 0.706. The van der Waals surface area contributed by atoms with Crippen LogP contribution in [0.5, 0.6) is 0 Å². The number of rotatable bonds is 2. The highest BCUT2D eigenvalue weighted by Crippen LogP contribution is 2.14. The van der Waals surface area contributed by atoms with Crippen molar-refractivity contribution in [3.8, 4) is 0 Å². The summed E-state index contributed by atoms with van der Waals surface area (Å²) in [6.45, 7) is 2.66. The molecule has 1 aromatic rings. The summed E-state index contributed by atoms with van der Waals surface area (Å²) in [6, 6.07) is 0.